The van der Waals surface area contributed by atoms with Crippen LogP contribution in [0.2, 0.25) is 0 Å². The van der Waals surface area contributed by atoms with E-state index in [1.807, 2.05) is 42.5 Å². The lowest BCUT2D eigenvalue weighted by Gasteiger charge is -2.41. The summed E-state index contributed by atoms with van der Waals surface area (Å²) in [5.41, 5.74) is 6.06. The van der Waals surface area contributed by atoms with Gasteiger partial charge in [-0.2, -0.15) is 0 Å². The molecule has 2 aliphatic heterocycles. The molecule has 3 aromatic rings. The van der Waals surface area contributed by atoms with Crippen molar-refractivity contribution in [3.63, 3.8) is 0 Å². The summed E-state index contributed by atoms with van der Waals surface area (Å²) in [6.45, 7) is 12.0. The molecule has 0 aromatic heterocycles. The van der Waals surface area contributed by atoms with Crippen LogP contribution in [0.3, 0.4) is 0 Å². The van der Waals surface area contributed by atoms with Crippen molar-refractivity contribution in [2.75, 3.05) is 36.0 Å². The lowest BCUT2D eigenvalue weighted by Crippen LogP contribution is -2.37. The third-order valence-corrected chi connectivity index (χ3v) is 8.79. The highest BCUT2D eigenvalue weighted by Crippen LogP contribution is 2.57. The van der Waals surface area contributed by atoms with E-state index >= 15 is 0 Å². The van der Waals surface area contributed by atoms with Crippen molar-refractivity contribution in [3.8, 4) is 11.5 Å². The number of hydrogen-bond acceptors (Lipinski definition) is 6. The number of aromatic hydroxyl groups is 1. The van der Waals surface area contributed by atoms with Crippen LogP contribution in [0, 0.1) is 0 Å². The SMILES string of the molecule is CCN(CC)c1ccc(/C=C2\CCCC3=C2Oc2cc(N(CC)CC)ccc2C32OC(=O)c3ccccc32)c(O)c1. The molecule has 212 valence electrons. The van der Waals surface area contributed by atoms with E-state index in [9.17, 15) is 9.90 Å². The molecule has 6 nitrogen and oxygen atoms in total. The molecule has 41 heavy (non-hydrogen) atoms. The summed E-state index contributed by atoms with van der Waals surface area (Å²) in [5, 5.41) is 11.0. The molecule has 1 spiro atoms. The number of esters is 1. The monoisotopic (exact) mass is 550 g/mol. The molecule has 2 heterocycles. The van der Waals surface area contributed by atoms with Gasteiger partial charge in [0, 0.05) is 71.9 Å². The van der Waals surface area contributed by atoms with Gasteiger partial charge in [-0.05, 0) is 88.9 Å². The molecule has 6 rings (SSSR count). The summed E-state index contributed by atoms with van der Waals surface area (Å²) in [5.74, 6) is 1.37. The van der Waals surface area contributed by atoms with E-state index in [0.717, 1.165) is 90.4 Å². The maximum Gasteiger partial charge on any atom is 0.340 e. The smallest absolute Gasteiger partial charge is 0.340 e. The molecule has 0 saturated carbocycles. The molecule has 1 unspecified atom stereocenters. The summed E-state index contributed by atoms with van der Waals surface area (Å²) in [4.78, 5) is 17.8. The van der Waals surface area contributed by atoms with Gasteiger partial charge in [-0.1, -0.05) is 18.2 Å². The van der Waals surface area contributed by atoms with Crippen molar-refractivity contribution >= 4 is 23.4 Å². The highest BCUT2D eigenvalue weighted by Gasteiger charge is 2.55. The summed E-state index contributed by atoms with van der Waals surface area (Å²) >= 11 is 0. The van der Waals surface area contributed by atoms with Crippen molar-refractivity contribution in [1.29, 1.82) is 0 Å². The fourth-order valence-corrected chi connectivity index (χ4v) is 6.69. The summed E-state index contributed by atoms with van der Waals surface area (Å²) in [6.07, 6.45) is 4.47. The molecule has 0 saturated heterocycles. The second kappa shape index (κ2) is 10.7. The van der Waals surface area contributed by atoms with Crippen LogP contribution in [0.1, 0.15) is 74.0 Å². The molecule has 1 atom stereocenters. The van der Waals surface area contributed by atoms with Crippen LogP contribution in [-0.4, -0.2) is 37.3 Å². The molecule has 0 amide bonds. The van der Waals surface area contributed by atoms with Crippen molar-refractivity contribution in [2.45, 2.75) is 52.6 Å². The minimum atomic E-state index is -1.04. The fraction of sp³-hybridized carbons (Fsp3) is 0.343. The van der Waals surface area contributed by atoms with E-state index in [2.05, 4.69) is 61.8 Å². The maximum absolute atomic E-state index is 13.3. The summed E-state index contributed by atoms with van der Waals surface area (Å²) < 4.78 is 13.2. The number of allylic oxidation sites excluding steroid dienone is 1. The number of ether oxygens (including phenoxy) is 2. The van der Waals surface area contributed by atoms with Crippen molar-refractivity contribution in [3.05, 3.63) is 99.8 Å². The first-order chi connectivity index (χ1) is 19.9. The number of phenolic OH excluding ortho intramolecular Hbond substituents is 1. The van der Waals surface area contributed by atoms with Crippen LogP contribution < -0.4 is 14.5 Å². The van der Waals surface area contributed by atoms with Crippen molar-refractivity contribution < 1.29 is 19.4 Å². The predicted octanol–water partition coefficient (Wildman–Crippen LogP) is 7.41. The summed E-state index contributed by atoms with van der Waals surface area (Å²) in [7, 11) is 0. The van der Waals surface area contributed by atoms with E-state index in [1.54, 1.807) is 0 Å². The number of carbonyl (C=O) groups excluding carboxylic acids is 1. The second-order valence-electron chi connectivity index (χ2n) is 10.8. The maximum atomic E-state index is 13.3. The van der Waals surface area contributed by atoms with E-state index in [-0.39, 0.29) is 11.7 Å². The number of anilines is 2. The molecule has 3 aliphatic rings. The molecular formula is C35H38N2O4. The van der Waals surface area contributed by atoms with Gasteiger partial charge in [-0.25, -0.2) is 4.79 Å². The number of hydrogen-bond donors (Lipinski definition) is 1. The van der Waals surface area contributed by atoms with Crippen LogP contribution >= 0.6 is 0 Å². The van der Waals surface area contributed by atoms with Gasteiger partial charge in [-0.15, -0.1) is 0 Å². The Morgan fingerprint density at radius 3 is 2.24 bits per heavy atom. The zero-order valence-electron chi connectivity index (χ0n) is 24.4. The average molecular weight is 551 g/mol. The predicted molar refractivity (Wildman–Crippen MR) is 164 cm³/mol. The Hall–Kier alpha value is -4.19. The Bertz CT molecular complexity index is 1560. The van der Waals surface area contributed by atoms with Gasteiger partial charge >= 0.3 is 5.97 Å². The number of benzene rings is 3. The number of fused-ring (bicyclic) bond motifs is 5. The zero-order valence-corrected chi connectivity index (χ0v) is 24.4. The second-order valence-corrected chi connectivity index (χ2v) is 10.8. The van der Waals surface area contributed by atoms with Crippen LogP contribution in [-0.2, 0) is 10.3 Å². The van der Waals surface area contributed by atoms with E-state index in [1.165, 1.54) is 0 Å². The standard InChI is InChI=1S/C35H38N2O4/c1-5-36(6-2)25-17-16-23(31(38)21-25)20-24-12-11-15-30-33(24)40-32-22-26(37(7-3)8-4)18-19-29(32)35(30)28-14-10-9-13-27(28)34(39)41-35/h9-10,13-14,16-22,38H,5-8,11-12,15H2,1-4H3/b24-20+. The largest absolute Gasteiger partial charge is 0.507 e. The number of phenols is 1. The molecule has 6 heteroatoms. The number of nitrogens with zero attached hydrogens (tertiary/aromatic N) is 2. The van der Waals surface area contributed by atoms with Crippen LogP contribution in [0.4, 0.5) is 11.4 Å². The first-order valence-electron chi connectivity index (χ1n) is 14.9. The van der Waals surface area contributed by atoms with Crippen molar-refractivity contribution in [2.24, 2.45) is 0 Å². The Morgan fingerprint density at radius 2 is 1.54 bits per heavy atom. The topological polar surface area (TPSA) is 62.2 Å². The van der Waals surface area contributed by atoms with Crippen LogP contribution in [0.15, 0.2) is 77.6 Å². The molecular weight excluding hydrogens is 512 g/mol. The van der Waals surface area contributed by atoms with Gasteiger partial charge in [0.2, 0.25) is 0 Å². The third kappa shape index (κ3) is 4.28. The van der Waals surface area contributed by atoms with E-state index in [4.69, 9.17) is 9.47 Å². The number of carbonyl (C=O) groups is 1. The van der Waals surface area contributed by atoms with Gasteiger partial charge in [0.15, 0.2) is 5.60 Å². The van der Waals surface area contributed by atoms with Gasteiger partial charge in [0.05, 0.1) is 5.56 Å². The van der Waals surface area contributed by atoms with Gasteiger partial charge in [0.1, 0.15) is 17.3 Å². The molecule has 3 aromatic carbocycles. The van der Waals surface area contributed by atoms with Crippen LogP contribution in [0.25, 0.3) is 6.08 Å². The minimum Gasteiger partial charge on any atom is -0.507 e. The van der Waals surface area contributed by atoms with Crippen LogP contribution in [0.5, 0.6) is 11.5 Å². The lowest BCUT2D eigenvalue weighted by molar-refractivity contribution is 0.0185. The lowest BCUT2D eigenvalue weighted by atomic mass is 9.72. The quantitative estimate of drug-likeness (QED) is 0.309. The molecule has 0 radical (unpaired) electrons. The first kappa shape index (κ1) is 27.0. The Kier molecular flexibility index (Phi) is 7.02. The molecule has 1 N–H and O–H groups in total. The molecule has 0 fully saturated rings. The normalized spacial score (nSPS) is 19.9. The zero-order chi connectivity index (χ0) is 28.7. The Morgan fingerprint density at radius 1 is 0.854 bits per heavy atom. The highest BCUT2D eigenvalue weighted by molar-refractivity contribution is 5.97. The van der Waals surface area contributed by atoms with Crippen molar-refractivity contribution in [1.82, 2.24) is 0 Å². The summed E-state index contributed by atoms with van der Waals surface area (Å²) in [6, 6.07) is 19.8. The highest BCUT2D eigenvalue weighted by atomic mass is 16.6. The average Bonchev–Trinajstić information content (AvgIpc) is 3.28. The Balaban J connectivity index is 1.53. The fourth-order valence-electron chi connectivity index (χ4n) is 6.69. The minimum absolute atomic E-state index is 0.238. The third-order valence-electron chi connectivity index (χ3n) is 8.79. The van der Waals surface area contributed by atoms with Gasteiger partial charge in [-0.3, -0.25) is 0 Å². The Labute approximate surface area is 242 Å². The first-order valence-corrected chi connectivity index (χ1v) is 14.9. The molecule has 0 bridgehead atoms. The number of rotatable bonds is 7. The van der Waals surface area contributed by atoms with E-state index < -0.39 is 5.60 Å². The van der Waals surface area contributed by atoms with E-state index in [0.29, 0.717) is 11.3 Å². The van der Waals surface area contributed by atoms with Gasteiger partial charge in [0.25, 0.3) is 0 Å². The van der Waals surface area contributed by atoms with Gasteiger partial charge < -0.3 is 24.4 Å². The molecule has 1 aliphatic carbocycles.